The molecule has 1 aromatic carbocycles. The van der Waals surface area contributed by atoms with E-state index in [2.05, 4.69) is 5.16 Å². The fourth-order valence-electron chi connectivity index (χ4n) is 2.21. The van der Waals surface area contributed by atoms with Gasteiger partial charge in [0.2, 0.25) is 0 Å². The van der Waals surface area contributed by atoms with Crippen molar-refractivity contribution in [3.8, 4) is 17.1 Å². The quantitative estimate of drug-likeness (QED) is 0.897. The first-order valence-corrected chi connectivity index (χ1v) is 6.34. The maximum atomic E-state index is 11.9. The van der Waals surface area contributed by atoms with Gasteiger partial charge in [0.1, 0.15) is 5.75 Å². The first-order valence-electron chi connectivity index (χ1n) is 6.34. The predicted molar refractivity (Wildman–Crippen MR) is 73.3 cm³/mol. The number of amides is 1. The van der Waals surface area contributed by atoms with Gasteiger partial charge in [-0.25, -0.2) is 0 Å². The average molecular weight is 273 g/mol. The first-order chi connectivity index (χ1) is 9.60. The standard InChI is InChI=1S/C14H15N3O3/c1-8-14(18)17(2)11-5-9(3-4-12(11)19-8)13-6-10(7-15)16-20-13/h3-6,8H,7,15H2,1-2H3. The lowest BCUT2D eigenvalue weighted by atomic mass is 10.1. The number of benzene rings is 1. The third-order valence-corrected chi connectivity index (χ3v) is 3.35. The van der Waals surface area contributed by atoms with Crippen molar-refractivity contribution in [2.24, 2.45) is 5.73 Å². The molecule has 2 heterocycles. The molecular weight excluding hydrogens is 258 g/mol. The van der Waals surface area contributed by atoms with Crippen LogP contribution in [0.1, 0.15) is 12.6 Å². The van der Waals surface area contributed by atoms with E-state index in [1.165, 1.54) is 0 Å². The third-order valence-electron chi connectivity index (χ3n) is 3.35. The molecule has 2 aromatic rings. The van der Waals surface area contributed by atoms with Gasteiger partial charge in [-0.3, -0.25) is 4.79 Å². The Morgan fingerprint density at radius 1 is 1.40 bits per heavy atom. The predicted octanol–water partition coefficient (Wildman–Crippen LogP) is 1.54. The highest BCUT2D eigenvalue weighted by Crippen LogP contribution is 2.36. The molecule has 0 saturated carbocycles. The van der Waals surface area contributed by atoms with Gasteiger partial charge in [0.15, 0.2) is 11.9 Å². The van der Waals surface area contributed by atoms with E-state index in [1.54, 1.807) is 24.9 Å². The molecule has 1 aliphatic heterocycles. The molecule has 0 spiro atoms. The molecule has 0 saturated heterocycles. The van der Waals surface area contributed by atoms with Gasteiger partial charge < -0.3 is 19.9 Å². The molecular formula is C14H15N3O3. The number of fused-ring (bicyclic) bond motifs is 1. The van der Waals surface area contributed by atoms with Gasteiger partial charge in [0.25, 0.3) is 5.91 Å². The fourth-order valence-corrected chi connectivity index (χ4v) is 2.21. The van der Waals surface area contributed by atoms with Crippen molar-refractivity contribution in [3.63, 3.8) is 0 Å². The van der Waals surface area contributed by atoms with Gasteiger partial charge in [-0.2, -0.15) is 0 Å². The number of nitrogens with two attached hydrogens (primary N) is 1. The summed E-state index contributed by atoms with van der Waals surface area (Å²) in [6.45, 7) is 2.06. The number of anilines is 1. The van der Waals surface area contributed by atoms with Crippen LogP contribution in [-0.2, 0) is 11.3 Å². The van der Waals surface area contributed by atoms with Crippen LogP contribution in [0.2, 0.25) is 0 Å². The van der Waals surface area contributed by atoms with Crippen molar-refractivity contribution >= 4 is 11.6 Å². The molecule has 6 heteroatoms. The normalized spacial score (nSPS) is 17.9. The Kier molecular flexibility index (Phi) is 2.94. The summed E-state index contributed by atoms with van der Waals surface area (Å²) in [5.74, 6) is 1.23. The fraction of sp³-hybridized carbons (Fsp3) is 0.286. The molecule has 6 nitrogen and oxygen atoms in total. The Balaban J connectivity index is 2.02. The number of ether oxygens (including phenoxy) is 1. The van der Waals surface area contributed by atoms with Crippen LogP contribution in [-0.4, -0.2) is 24.2 Å². The van der Waals surface area contributed by atoms with Crippen LogP contribution in [0, 0.1) is 0 Å². The van der Waals surface area contributed by atoms with Crippen LogP contribution in [0.3, 0.4) is 0 Å². The number of nitrogens with zero attached hydrogens (tertiary/aromatic N) is 2. The summed E-state index contributed by atoms with van der Waals surface area (Å²) in [6, 6.07) is 7.33. The van der Waals surface area contributed by atoms with Gasteiger partial charge in [-0.05, 0) is 25.1 Å². The number of rotatable bonds is 2. The number of carbonyl (C=O) groups is 1. The van der Waals surface area contributed by atoms with E-state index < -0.39 is 6.10 Å². The highest BCUT2D eigenvalue weighted by atomic mass is 16.5. The van der Waals surface area contributed by atoms with Gasteiger partial charge in [0, 0.05) is 25.2 Å². The summed E-state index contributed by atoms with van der Waals surface area (Å²) in [7, 11) is 1.73. The van der Waals surface area contributed by atoms with Crippen LogP contribution >= 0.6 is 0 Å². The first kappa shape index (κ1) is 12.7. The van der Waals surface area contributed by atoms with Crippen molar-refractivity contribution in [2.75, 3.05) is 11.9 Å². The lowest BCUT2D eigenvalue weighted by Gasteiger charge is -2.30. The number of hydrogen-bond acceptors (Lipinski definition) is 5. The van der Waals surface area contributed by atoms with Crippen LogP contribution < -0.4 is 15.4 Å². The molecule has 1 unspecified atom stereocenters. The Bertz CT molecular complexity index is 665. The SMILES string of the molecule is CC1Oc2ccc(-c3cc(CN)no3)cc2N(C)C1=O. The van der Waals surface area contributed by atoms with Crippen LogP contribution in [0.15, 0.2) is 28.8 Å². The van der Waals surface area contributed by atoms with Crippen LogP contribution in [0.25, 0.3) is 11.3 Å². The number of aromatic nitrogens is 1. The summed E-state index contributed by atoms with van der Waals surface area (Å²) in [4.78, 5) is 13.5. The van der Waals surface area contributed by atoms with Crippen molar-refractivity contribution < 1.29 is 14.1 Å². The van der Waals surface area contributed by atoms with Crippen molar-refractivity contribution in [3.05, 3.63) is 30.0 Å². The molecule has 1 amide bonds. The van der Waals surface area contributed by atoms with E-state index >= 15 is 0 Å². The second kappa shape index (κ2) is 4.64. The molecule has 1 aliphatic rings. The summed E-state index contributed by atoms with van der Waals surface area (Å²) in [5, 5.41) is 3.86. The van der Waals surface area contributed by atoms with E-state index in [1.807, 2.05) is 18.2 Å². The van der Waals surface area contributed by atoms with E-state index in [0.29, 0.717) is 23.7 Å². The zero-order chi connectivity index (χ0) is 14.3. The number of carbonyl (C=O) groups excluding carboxylic acids is 1. The lowest BCUT2D eigenvalue weighted by molar-refractivity contribution is -0.125. The smallest absolute Gasteiger partial charge is 0.267 e. The average Bonchev–Trinajstić information content (AvgIpc) is 2.93. The Morgan fingerprint density at radius 3 is 2.90 bits per heavy atom. The van der Waals surface area contributed by atoms with E-state index in [-0.39, 0.29) is 5.91 Å². The molecule has 0 aliphatic carbocycles. The van der Waals surface area contributed by atoms with E-state index in [0.717, 1.165) is 11.3 Å². The molecule has 20 heavy (non-hydrogen) atoms. The van der Waals surface area contributed by atoms with E-state index in [9.17, 15) is 4.79 Å². The number of likely N-dealkylation sites (N-methyl/N-ethyl adjacent to an activating group) is 1. The van der Waals surface area contributed by atoms with Crippen molar-refractivity contribution in [1.29, 1.82) is 0 Å². The van der Waals surface area contributed by atoms with Gasteiger partial charge in [-0.15, -0.1) is 0 Å². The minimum atomic E-state index is -0.465. The van der Waals surface area contributed by atoms with Crippen molar-refractivity contribution in [2.45, 2.75) is 19.6 Å². The second-order valence-corrected chi connectivity index (χ2v) is 4.73. The summed E-state index contributed by atoms with van der Waals surface area (Å²) < 4.78 is 10.8. The summed E-state index contributed by atoms with van der Waals surface area (Å²) in [6.07, 6.45) is -0.465. The summed E-state index contributed by atoms with van der Waals surface area (Å²) >= 11 is 0. The molecule has 1 atom stereocenters. The second-order valence-electron chi connectivity index (χ2n) is 4.73. The summed E-state index contributed by atoms with van der Waals surface area (Å²) in [5.41, 5.74) is 7.75. The van der Waals surface area contributed by atoms with Gasteiger partial charge in [-0.1, -0.05) is 5.16 Å². The Labute approximate surface area is 116 Å². The molecule has 0 bridgehead atoms. The minimum absolute atomic E-state index is 0.0742. The maximum Gasteiger partial charge on any atom is 0.267 e. The third kappa shape index (κ3) is 1.94. The monoisotopic (exact) mass is 273 g/mol. The maximum absolute atomic E-state index is 11.9. The molecule has 2 N–H and O–H groups in total. The van der Waals surface area contributed by atoms with E-state index in [4.69, 9.17) is 15.0 Å². The van der Waals surface area contributed by atoms with Crippen molar-refractivity contribution in [1.82, 2.24) is 5.16 Å². The molecule has 104 valence electrons. The molecule has 0 fully saturated rings. The van der Waals surface area contributed by atoms with Crippen LogP contribution in [0.4, 0.5) is 5.69 Å². The molecule has 3 rings (SSSR count). The molecule has 1 aromatic heterocycles. The van der Waals surface area contributed by atoms with Gasteiger partial charge >= 0.3 is 0 Å². The Hall–Kier alpha value is -2.34. The zero-order valence-corrected chi connectivity index (χ0v) is 11.3. The van der Waals surface area contributed by atoms with Gasteiger partial charge in [0.05, 0.1) is 11.4 Å². The lowest BCUT2D eigenvalue weighted by Crippen LogP contribution is -2.41. The Morgan fingerprint density at radius 2 is 2.20 bits per heavy atom. The number of hydrogen-bond donors (Lipinski definition) is 1. The molecule has 0 radical (unpaired) electrons. The zero-order valence-electron chi connectivity index (χ0n) is 11.3. The highest BCUT2D eigenvalue weighted by molar-refractivity contribution is 5.99. The highest BCUT2D eigenvalue weighted by Gasteiger charge is 2.29. The topological polar surface area (TPSA) is 81.6 Å². The largest absolute Gasteiger partial charge is 0.479 e. The van der Waals surface area contributed by atoms with Crippen LogP contribution in [0.5, 0.6) is 5.75 Å². The minimum Gasteiger partial charge on any atom is -0.479 e.